The fourth-order valence-electron chi connectivity index (χ4n) is 4.45. The molecule has 0 amide bonds. The van der Waals surface area contributed by atoms with E-state index in [1.54, 1.807) is 0 Å². The van der Waals surface area contributed by atoms with Crippen LogP contribution in [-0.2, 0) is 17.8 Å². The van der Waals surface area contributed by atoms with Gasteiger partial charge in [0, 0.05) is 35.6 Å². The maximum Gasteiger partial charge on any atom is 0.303 e. The van der Waals surface area contributed by atoms with Gasteiger partial charge in [0.05, 0.1) is 11.8 Å². The molecule has 3 N–H and O–H groups in total. The first-order valence-electron chi connectivity index (χ1n) is 10.9. The van der Waals surface area contributed by atoms with E-state index in [9.17, 15) is 4.79 Å². The smallest absolute Gasteiger partial charge is 0.303 e. The summed E-state index contributed by atoms with van der Waals surface area (Å²) >= 11 is 0. The Morgan fingerprint density at radius 1 is 1.17 bits per heavy atom. The molecule has 2 aromatic carbocycles. The molecule has 0 radical (unpaired) electrons. The maximum absolute atomic E-state index is 11.1. The largest absolute Gasteiger partial charge is 0.488 e. The van der Waals surface area contributed by atoms with Crippen LogP contribution in [0, 0.1) is 0 Å². The van der Waals surface area contributed by atoms with Crippen molar-refractivity contribution in [2.75, 3.05) is 5.73 Å². The van der Waals surface area contributed by atoms with Gasteiger partial charge in [0.2, 0.25) is 0 Å². The van der Waals surface area contributed by atoms with Gasteiger partial charge in [-0.3, -0.25) is 4.79 Å². The van der Waals surface area contributed by atoms with Crippen molar-refractivity contribution in [1.29, 1.82) is 0 Å². The number of carboxylic acid groups (broad SMARTS) is 1. The Morgan fingerprint density at radius 2 is 1.97 bits per heavy atom. The normalized spacial score (nSPS) is 14.8. The van der Waals surface area contributed by atoms with E-state index >= 15 is 0 Å². The lowest BCUT2D eigenvalue weighted by Gasteiger charge is -2.26. The highest BCUT2D eigenvalue weighted by molar-refractivity contribution is 5.88. The third-order valence-electron chi connectivity index (χ3n) is 6.06. The molecule has 158 valence electrons. The number of hydrogen-bond acceptors (Lipinski definition) is 3. The van der Waals surface area contributed by atoms with Crippen molar-refractivity contribution in [3.63, 3.8) is 0 Å². The lowest BCUT2D eigenvalue weighted by atomic mass is 9.95. The Bertz CT molecular complexity index is 1050. The predicted octanol–water partition coefficient (Wildman–Crippen LogP) is 5.64. The summed E-state index contributed by atoms with van der Waals surface area (Å²) in [5.41, 5.74) is 11.2. The second-order valence-electron chi connectivity index (χ2n) is 8.21. The van der Waals surface area contributed by atoms with E-state index in [0.717, 1.165) is 41.8 Å². The number of fused-ring (bicyclic) bond motifs is 1. The minimum Gasteiger partial charge on any atom is -0.488 e. The van der Waals surface area contributed by atoms with Crippen LogP contribution < -0.4 is 10.5 Å². The Hall–Kier alpha value is -2.95. The van der Waals surface area contributed by atoms with Crippen LogP contribution in [0.3, 0.4) is 0 Å². The van der Waals surface area contributed by atoms with Crippen LogP contribution in [0.4, 0.5) is 5.69 Å². The minimum absolute atomic E-state index is 0.0834. The van der Waals surface area contributed by atoms with E-state index in [2.05, 4.69) is 48.0 Å². The van der Waals surface area contributed by atoms with E-state index in [1.807, 2.05) is 6.07 Å². The number of hydrogen-bond donors (Lipinski definition) is 2. The lowest BCUT2D eigenvalue weighted by Crippen LogP contribution is -2.20. The molecular formula is C25H30N2O3. The number of rotatable bonds is 7. The third kappa shape index (κ3) is 4.30. The van der Waals surface area contributed by atoms with Gasteiger partial charge in [-0.25, -0.2) is 0 Å². The zero-order chi connectivity index (χ0) is 21.1. The lowest BCUT2D eigenvalue weighted by molar-refractivity contribution is -0.136. The number of aromatic nitrogens is 1. The van der Waals surface area contributed by atoms with Gasteiger partial charge in [0.15, 0.2) is 0 Å². The molecule has 0 bridgehead atoms. The molecule has 0 saturated heterocycles. The molecule has 1 aliphatic carbocycles. The average Bonchev–Trinajstić information content (AvgIpc) is 3.17. The molecule has 4 rings (SSSR count). The number of carboxylic acids is 1. The SMILES string of the molecule is CCn1ccc2cc(-c3cc(CCC(=O)O)cc(N)c3OC3CCCCC3)ccc21. The van der Waals surface area contributed by atoms with Crippen molar-refractivity contribution < 1.29 is 14.6 Å². The summed E-state index contributed by atoms with van der Waals surface area (Å²) in [6.45, 7) is 3.06. The van der Waals surface area contributed by atoms with Crippen molar-refractivity contribution in [3.8, 4) is 16.9 Å². The molecule has 0 unspecified atom stereocenters. The van der Waals surface area contributed by atoms with Gasteiger partial charge in [0.1, 0.15) is 5.75 Å². The van der Waals surface area contributed by atoms with E-state index < -0.39 is 5.97 Å². The van der Waals surface area contributed by atoms with E-state index in [1.165, 1.54) is 30.2 Å². The van der Waals surface area contributed by atoms with Crippen LogP contribution in [-0.4, -0.2) is 21.7 Å². The number of carbonyl (C=O) groups is 1. The van der Waals surface area contributed by atoms with Crippen LogP contribution >= 0.6 is 0 Å². The van der Waals surface area contributed by atoms with Gasteiger partial charge in [-0.05, 0) is 80.5 Å². The number of aryl methyl sites for hydroxylation is 2. The highest BCUT2D eigenvalue weighted by Crippen LogP contribution is 2.40. The molecule has 5 nitrogen and oxygen atoms in total. The number of nitrogen functional groups attached to an aromatic ring is 1. The molecule has 0 atom stereocenters. The molecule has 3 aromatic rings. The summed E-state index contributed by atoms with van der Waals surface area (Å²) in [5, 5.41) is 10.3. The molecule has 1 aromatic heterocycles. The zero-order valence-electron chi connectivity index (χ0n) is 17.6. The standard InChI is InChI=1S/C25H30N2O3/c1-2-27-13-12-19-16-18(9-10-23(19)27)21-14-17(8-11-24(28)29)15-22(26)25(21)30-20-6-4-3-5-7-20/h9-10,12-16,20H,2-8,11,26H2,1H3,(H,28,29). The van der Waals surface area contributed by atoms with Crippen molar-refractivity contribution in [2.45, 2.75) is 64.5 Å². The number of nitrogens with zero attached hydrogens (tertiary/aromatic N) is 1. The maximum atomic E-state index is 11.1. The highest BCUT2D eigenvalue weighted by atomic mass is 16.5. The van der Waals surface area contributed by atoms with Gasteiger partial charge >= 0.3 is 5.97 Å². The van der Waals surface area contributed by atoms with Crippen LogP contribution in [0.25, 0.3) is 22.0 Å². The first-order chi connectivity index (χ1) is 14.5. The number of nitrogens with two attached hydrogens (primary N) is 1. The Balaban J connectivity index is 1.76. The monoisotopic (exact) mass is 406 g/mol. The minimum atomic E-state index is -0.806. The quantitative estimate of drug-likeness (QED) is 0.498. The Labute approximate surface area is 177 Å². The molecule has 0 spiro atoms. The van der Waals surface area contributed by atoms with Crippen molar-refractivity contribution >= 4 is 22.6 Å². The summed E-state index contributed by atoms with van der Waals surface area (Å²) < 4.78 is 8.66. The Morgan fingerprint density at radius 3 is 2.70 bits per heavy atom. The number of aliphatic carboxylic acids is 1. The first kappa shape index (κ1) is 20.3. The number of benzene rings is 2. The van der Waals surface area contributed by atoms with Crippen LogP contribution in [0.2, 0.25) is 0 Å². The van der Waals surface area contributed by atoms with E-state index in [0.29, 0.717) is 12.1 Å². The summed E-state index contributed by atoms with van der Waals surface area (Å²) in [4.78, 5) is 11.1. The van der Waals surface area contributed by atoms with Gasteiger partial charge in [0.25, 0.3) is 0 Å². The van der Waals surface area contributed by atoms with Crippen molar-refractivity contribution in [3.05, 3.63) is 48.2 Å². The second kappa shape index (κ2) is 8.82. The Kier molecular flexibility index (Phi) is 5.98. The summed E-state index contributed by atoms with van der Waals surface area (Å²) in [7, 11) is 0. The van der Waals surface area contributed by atoms with Gasteiger partial charge in [-0.15, -0.1) is 0 Å². The van der Waals surface area contributed by atoms with Gasteiger partial charge < -0.3 is 20.1 Å². The first-order valence-corrected chi connectivity index (χ1v) is 10.9. The molecule has 1 heterocycles. The van der Waals surface area contributed by atoms with Crippen LogP contribution in [0.1, 0.15) is 51.0 Å². The second-order valence-corrected chi connectivity index (χ2v) is 8.21. The zero-order valence-corrected chi connectivity index (χ0v) is 17.6. The fourth-order valence-corrected chi connectivity index (χ4v) is 4.45. The highest BCUT2D eigenvalue weighted by Gasteiger charge is 2.20. The molecule has 1 aliphatic rings. The summed E-state index contributed by atoms with van der Waals surface area (Å²) in [6, 6.07) is 12.5. The van der Waals surface area contributed by atoms with E-state index in [-0.39, 0.29) is 12.5 Å². The van der Waals surface area contributed by atoms with Gasteiger partial charge in [-0.1, -0.05) is 12.5 Å². The average molecular weight is 407 g/mol. The third-order valence-corrected chi connectivity index (χ3v) is 6.06. The number of ether oxygens (including phenoxy) is 1. The molecule has 30 heavy (non-hydrogen) atoms. The summed E-state index contributed by atoms with van der Waals surface area (Å²) in [6.07, 6.45) is 8.57. The topological polar surface area (TPSA) is 77.5 Å². The van der Waals surface area contributed by atoms with Crippen LogP contribution in [0.15, 0.2) is 42.6 Å². The number of anilines is 1. The molecular weight excluding hydrogens is 376 g/mol. The van der Waals surface area contributed by atoms with E-state index in [4.69, 9.17) is 15.6 Å². The molecule has 1 saturated carbocycles. The molecule has 0 aliphatic heterocycles. The van der Waals surface area contributed by atoms with Crippen molar-refractivity contribution in [1.82, 2.24) is 4.57 Å². The predicted molar refractivity (Wildman–Crippen MR) is 121 cm³/mol. The molecule has 1 fully saturated rings. The van der Waals surface area contributed by atoms with Crippen molar-refractivity contribution in [2.24, 2.45) is 0 Å². The van der Waals surface area contributed by atoms with Gasteiger partial charge in [-0.2, -0.15) is 0 Å². The molecule has 5 heteroatoms. The van der Waals surface area contributed by atoms with Crippen LogP contribution in [0.5, 0.6) is 5.75 Å². The summed E-state index contributed by atoms with van der Waals surface area (Å²) in [5.74, 6) is -0.0739. The fraction of sp³-hybridized carbons (Fsp3) is 0.400.